The summed E-state index contributed by atoms with van der Waals surface area (Å²) < 4.78 is 1.16. The van der Waals surface area contributed by atoms with Gasteiger partial charge < -0.3 is 0 Å². The highest BCUT2D eigenvalue weighted by Gasteiger charge is 2.07. The molecule has 0 aliphatic carbocycles. The number of para-hydroxylation sites is 1. The first-order valence-corrected chi connectivity index (χ1v) is 5.50. The molecule has 1 aromatic heterocycles. The van der Waals surface area contributed by atoms with Gasteiger partial charge >= 0.3 is 0 Å². The monoisotopic (exact) mass is 219 g/mol. The Kier molecular flexibility index (Phi) is 2.70. The van der Waals surface area contributed by atoms with Crippen molar-refractivity contribution in [1.82, 2.24) is 4.98 Å². The molecular formula is C11H13N3S. The van der Waals surface area contributed by atoms with Crippen molar-refractivity contribution >= 4 is 26.7 Å². The summed E-state index contributed by atoms with van der Waals surface area (Å²) in [6.07, 6.45) is 0. The SMILES string of the molecule is C=C(C)CN(N)c1nc2ccccc2s1. The molecule has 0 spiro atoms. The summed E-state index contributed by atoms with van der Waals surface area (Å²) >= 11 is 1.60. The zero-order valence-electron chi connectivity index (χ0n) is 8.60. The summed E-state index contributed by atoms with van der Waals surface area (Å²) in [6.45, 7) is 6.42. The highest BCUT2D eigenvalue weighted by atomic mass is 32.1. The molecule has 1 aromatic carbocycles. The number of aromatic nitrogens is 1. The van der Waals surface area contributed by atoms with E-state index in [1.54, 1.807) is 16.3 Å². The molecule has 0 radical (unpaired) electrons. The van der Waals surface area contributed by atoms with Gasteiger partial charge in [0.25, 0.3) is 0 Å². The molecule has 78 valence electrons. The largest absolute Gasteiger partial charge is 0.282 e. The summed E-state index contributed by atoms with van der Waals surface area (Å²) in [7, 11) is 0. The Bertz CT molecular complexity index is 456. The first kappa shape index (κ1) is 10.1. The predicted octanol–water partition coefficient (Wildman–Crippen LogP) is 2.55. The van der Waals surface area contributed by atoms with E-state index in [1.165, 1.54) is 0 Å². The second-order valence-electron chi connectivity index (χ2n) is 3.55. The number of rotatable bonds is 3. The van der Waals surface area contributed by atoms with Crippen LogP contribution in [-0.4, -0.2) is 11.5 Å². The van der Waals surface area contributed by atoms with Gasteiger partial charge in [0.2, 0.25) is 5.13 Å². The van der Waals surface area contributed by atoms with E-state index < -0.39 is 0 Å². The standard InChI is InChI=1S/C11H13N3S/c1-8(2)7-14(12)11-13-9-5-3-4-6-10(9)15-11/h3-6H,1,7,12H2,2H3. The molecule has 0 amide bonds. The lowest BCUT2D eigenvalue weighted by molar-refractivity contribution is 0.902. The first-order chi connectivity index (χ1) is 7.16. The minimum Gasteiger partial charge on any atom is -0.282 e. The van der Waals surface area contributed by atoms with Crippen molar-refractivity contribution in [3.05, 3.63) is 36.4 Å². The Morgan fingerprint density at radius 3 is 2.93 bits per heavy atom. The van der Waals surface area contributed by atoms with Crippen LogP contribution < -0.4 is 10.9 Å². The highest BCUT2D eigenvalue weighted by molar-refractivity contribution is 7.22. The molecule has 2 rings (SSSR count). The average Bonchev–Trinajstić information content (AvgIpc) is 2.59. The third-order valence-electron chi connectivity index (χ3n) is 1.97. The van der Waals surface area contributed by atoms with E-state index in [1.807, 2.05) is 31.2 Å². The minimum atomic E-state index is 0.639. The fourth-order valence-electron chi connectivity index (χ4n) is 1.34. The van der Waals surface area contributed by atoms with Gasteiger partial charge in [0.05, 0.1) is 16.8 Å². The van der Waals surface area contributed by atoms with E-state index in [0.29, 0.717) is 6.54 Å². The van der Waals surface area contributed by atoms with Gasteiger partial charge in [-0.25, -0.2) is 10.8 Å². The average molecular weight is 219 g/mol. The summed E-state index contributed by atoms with van der Waals surface area (Å²) in [5.74, 6) is 5.88. The number of nitrogens with two attached hydrogens (primary N) is 1. The number of anilines is 1. The van der Waals surface area contributed by atoms with Gasteiger partial charge in [-0.05, 0) is 19.1 Å². The van der Waals surface area contributed by atoms with Gasteiger partial charge in [-0.1, -0.05) is 35.6 Å². The maximum absolute atomic E-state index is 5.88. The van der Waals surface area contributed by atoms with E-state index in [9.17, 15) is 0 Å². The summed E-state index contributed by atoms with van der Waals surface area (Å²) in [5, 5.41) is 2.46. The van der Waals surface area contributed by atoms with Crippen molar-refractivity contribution in [2.75, 3.05) is 11.6 Å². The summed E-state index contributed by atoms with van der Waals surface area (Å²) in [4.78, 5) is 4.44. The van der Waals surface area contributed by atoms with Crippen molar-refractivity contribution < 1.29 is 0 Å². The van der Waals surface area contributed by atoms with Crippen molar-refractivity contribution in [1.29, 1.82) is 0 Å². The molecule has 0 saturated carbocycles. The maximum Gasteiger partial charge on any atom is 0.201 e. The zero-order valence-corrected chi connectivity index (χ0v) is 9.42. The van der Waals surface area contributed by atoms with Gasteiger partial charge in [0.15, 0.2) is 0 Å². The van der Waals surface area contributed by atoms with Crippen LogP contribution in [0.25, 0.3) is 10.2 Å². The smallest absolute Gasteiger partial charge is 0.201 e. The first-order valence-electron chi connectivity index (χ1n) is 4.69. The minimum absolute atomic E-state index is 0.639. The van der Waals surface area contributed by atoms with Crippen LogP contribution in [0, 0.1) is 0 Å². The Balaban J connectivity index is 2.32. The van der Waals surface area contributed by atoms with Crippen molar-refractivity contribution in [3.8, 4) is 0 Å². The number of nitrogens with zero attached hydrogens (tertiary/aromatic N) is 2. The van der Waals surface area contributed by atoms with Crippen molar-refractivity contribution in [3.63, 3.8) is 0 Å². The topological polar surface area (TPSA) is 42.1 Å². The van der Waals surface area contributed by atoms with Crippen LogP contribution in [0.2, 0.25) is 0 Å². The molecule has 4 heteroatoms. The van der Waals surface area contributed by atoms with Crippen LogP contribution in [0.3, 0.4) is 0 Å². The molecule has 2 aromatic rings. The quantitative estimate of drug-likeness (QED) is 0.490. The highest BCUT2D eigenvalue weighted by Crippen LogP contribution is 2.27. The van der Waals surface area contributed by atoms with Gasteiger partial charge in [-0.2, -0.15) is 0 Å². The normalized spacial score (nSPS) is 10.5. The lowest BCUT2D eigenvalue weighted by atomic mass is 10.3. The molecular weight excluding hydrogens is 206 g/mol. The molecule has 3 nitrogen and oxygen atoms in total. The molecule has 15 heavy (non-hydrogen) atoms. The van der Waals surface area contributed by atoms with Crippen LogP contribution in [0.15, 0.2) is 36.4 Å². The van der Waals surface area contributed by atoms with E-state index in [2.05, 4.69) is 11.6 Å². The fourth-order valence-corrected chi connectivity index (χ4v) is 2.23. The molecule has 0 bridgehead atoms. The van der Waals surface area contributed by atoms with Crippen molar-refractivity contribution in [2.24, 2.45) is 5.84 Å². The van der Waals surface area contributed by atoms with Gasteiger partial charge in [-0.15, -0.1) is 0 Å². The molecule has 0 unspecified atom stereocenters. The number of hydrogen-bond acceptors (Lipinski definition) is 4. The number of thiazole rings is 1. The molecule has 0 aliphatic rings. The van der Waals surface area contributed by atoms with Crippen LogP contribution >= 0.6 is 11.3 Å². The molecule has 1 heterocycles. The summed E-state index contributed by atoms with van der Waals surface area (Å²) in [6, 6.07) is 8.02. The second-order valence-corrected chi connectivity index (χ2v) is 4.56. The van der Waals surface area contributed by atoms with E-state index >= 15 is 0 Å². The zero-order chi connectivity index (χ0) is 10.8. The number of fused-ring (bicyclic) bond motifs is 1. The predicted molar refractivity (Wildman–Crippen MR) is 66.0 cm³/mol. The fraction of sp³-hybridized carbons (Fsp3) is 0.182. The second kappa shape index (κ2) is 4.00. The van der Waals surface area contributed by atoms with Crippen molar-refractivity contribution in [2.45, 2.75) is 6.92 Å². The lowest BCUT2D eigenvalue weighted by Gasteiger charge is -2.14. The van der Waals surface area contributed by atoms with E-state index in [-0.39, 0.29) is 0 Å². The Morgan fingerprint density at radius 2 is 2.27 bits per heavy atom. The van der Waals surface area contributed by atoms with Crippen LogP contribution in [0.5, 0.6) is 0 Å². The molecule has 0 atom stereocenters. The molecule has 0 fully saturated rings. The van der Waals surface area contributed by atoms with Crippen LogP contribution in [-0.2, 0) is 0 Å². The maximum atomic E-state index is 5.88. The van der Waals surface area contributed by atoms with Crippen LogP contribution in [0.1, 0.15) is 6.92 Å². The van der Waals surface area contributed by atoms with Crippen LogP contribution in [0.4, 0.5) is 5.13 Å². The number of benzene rings is 1. The number of hydrazine groups is 1. The Hall–Kier alpha value is -1.39. The summed E-state index contributed by atoms with van der Waals surface area (Å²) in [5.41, 5.74) is 2.02. The number of hydrogen-bond donors (Lipinski definition) is 1. The van der Waals surface area contributed by atoms with E-state index in [0.717, 1.165) is 20.9 Å². The lowest BCUT2D eigenvalue weighted by Crippen LogP contribution is -2.31. The van der Waals surface area contributed by atoms with Gasteiger partial charge in [0.1, 0.15) is 0 Å². The Morgan fingerprint density at radius 1 is 1.53 bits per heavy atom. The molecule has 0 saturated heterocycles. The Labute approximate surface area is 92.8 Å². The third kappa shape index (κ3) is 2.16. The molecule has 0 aliphatic heterocycles. The van der Waals surface area contributed by atoms with Gasteiger partial charge in [-0.3, -0.25) is 5.01 Å². The third-order valence-corrected chi connectivity index (χ3v) is 3.04. The molecule has 2 N–H and O–H groups in total. The van der Waals surface area contributed by atoms with E-state index in [4.69, 9.17) is 5.84 Å². The van der Waals surface area contributed by atoms with Gasteiger partial charge in [0, 0.05) is 0 Å².